The number of benzene rings is 1. The zero-order valence-electron chi connectivity index (χ0n) is 14.3. The van der Waals surface area contributed by atoms with Crippen molar-refractivity contribution in [1.29, 1.82) is 0 Å². The number of nitrogens with zero attached hydrogens (tertiary/aromatic N) is 4. The molecule has 0 aliphatic carbocycles. The fraction of sp³-hybridized carbons (Fsp3) is 0.294. The number of aromatic nitrogens is 4. The molecule has 25 heavy (non-hydrogen) atoms. The number of carbonyl (C=O) groups is 1. The molecule has 1 atom stereocenters. The number of carbonyl (C=O) groups excluding carboxylic acids is 1. The summed E-state index contributed by atoms with van der Waals surface area (Å²) in [5.74, 6) is 0.225. The van der Waals surface area contributed by atoms with Crippen molar-refractivity contribution in [1.82, 2.24) is 25.5 Å². The molecule has 3 aromatic rings. The number of hydrogen-bond acceptors (Lipinski definition) is 6. The molecule has 3 rings (SSSR count). The van der Waals surface area contributed by atoms with Gasteiger partial charge >= 0.3 is 0 Å². The Balaban J connectivity index is 1.67. The molecule has 2 heterocycles. The Morgan fingerprint density at radius 3 is 2.72 bits per heavy atom. The van der Waals surface area contributed by atoms with Crippen molar-refractivity contribution in [2.45, 2.75) is 32.0 Å². The van der Waals surface area contributed by atoms with Gasteiger partial charge in [-0.2, -0.15) is 4.68 Å². The van der Waals surface area contributed by atoms with E-state index in [1.165, 1.54) is 11.8 Å². The summed E-state index contributed by atoms with van der Waals surface area (Å²) in [6, 6.07) is 10.1. The third kappa shape index (κ3) is 4.08. The van der Waals surface area contributed by atoms with E-state index in [0.29, 0.717) is 5.16 Å². The fourth-order valence-electron chi connectivity index (χ4n) is 2.57. The smallest absolute Gasteiger partial charge is 0.230 e. The number of rotatable bonds is 6. The highest BCUT2D eigenvalue weighted by atomic mass is 32.2. The lowest BCUT2D eigenvalue weighted by atomic mass is 10.1. The molecule has 1 aromatic carbocycles. The third-order valence-electron chi connectivity index (χ3n) is 3.77. The number of thiophene rings is 1. The molecule has 0 aliphatic rings. The van der Waals surface area contributed by atoms with Gasteiger partial charge in [0.25, 0.3) is 0 Å². The molecule has 1 amide bonds. The first-order valence-corrected chi connectivity index (χ1v) is 9.73. The average Bonchev–Trinajstić information content (AvgIpc) is 3.25. The van der Waals surface area contributed by atoms with Crippen LogP contribution in [0, 0.1) is 13.8 Å². The normalized spacial score (nSPS) is 12.1. The Bertz CT molecular complexity index is 840. The lowest BCUT2D eigenvalue weighted by molar-refractivity contribution is -0.119. The highest BCUT2D eigenvalue weighted by Crippen LogP contribution is 2.24. The molecule has 0 saturated carbocycles. The van der Waals surface area contributed by atoms with Crippen LogP contribution in [0.15, 0.2) is 40.9 Å². The van der Waals surface area contributed by atoms with Crippen LogP contribution < -0.4 is 5.32 Å². The molecular weight excluding hydrogens is 354 g/mol. The Hall–Kier alpha value is -2.19. The van der Waals surface area contributed by atoms with Crippen molar-refractivity contribution in [3.05, 3.63) is 51.7 Å². The molecule has 2 aromatic heterocycles. The molecule has 6 nitrogen and oxygen atoms in total. The van der Waals surface area contributed by atoms with Crippen LogP contribution in [0.2, 0.25) is 0 Å². The fourth-order valence-corrected chi connectivity index (χ4v) is 3.99. The Kier molecular flexibility index (Phi) is 5.50. The van der Waals surface area contributed by atoms with Crippen LogP contribution >= 0.6 is 23.1 Å². The summed E-state index contributed by atoms with van der Waals surface area (Å²) in [6.07, 6.45) is 0. The maximum absolute atomic E-state index is 12.2. The number of tetrazole rings is 1. The minimum atomic E-state index is -0.0399. The zero-order valence-corrected chi connectivity index (χ0v) is 15.9. The maximum Gasteiger partial charge on any atom is 0.230 e. The zero-order chi connectivity index (χ0) is 17.8. The summed E-state index contributed by atoms with van der Waals surface area (Å²) in [4.78, 5) is 13.4. The molecule has 0 fully saturated rings. The maximum atomic E-state index is 12.2. The summed E-state index contributed by atoms with van der Waals surface area (Å²) in [7, 11) is 0. The van der Waals surface area contributed by atoms with Crippen molar-refractivity contribution < 1.29 is 4.79 Å². The van der Waals surface area contributed by atoms with Gasteiger partial charge in [-0.25, -0.2) is 0 Å². The van der Waals surface area contributed by atoms with Crippen molar-refractivity contribution in [3.63, 3.8) is 0 Å². The summed E-state index contributed by atoms with van der Waals surface area (Å²) in [5.41, 5.74) is 3.14. The van der Waals surface area contributed by atoms with Gasteiger partial charge in [-0.05, 0) is 53.8 Å². The van der Waals surface area contributed by atoms with Gasteiger partial charge in [-0.1, -0.05) is 36.0 Å². The molecule has 0 aliphatic heterocycles. The number of thioether (sulfide) groups is 1. The average molecular weight is 374 g/mol. The molecule has 130 valence electrons. The minimum Gasteiger partial charge on any atom is -0.348 e. The van der Waals surface area contributed by atoms with Gasteiger partial charge in [0.05, 0.1) is 17.5 Å². The second-order valence-electron chi connectivity index (χ2n) is 5.71. The lowest BCUT2D eigenvalue weighted by Gasteiger charge is -2.12. The SMILES string of the molecule is Cc1cccc(C)c1-n1nnnc1SCC(=O)NC(C)c1cccs1. The number of para-hydroxylation sites is 1. The number of nitrogens with one attached hydrogen (secondary N) is 1. The second kappa shape index (κ2) is 7.79. The molecule has 1 N–H and O–H groups in total. The highest BCUT2D eigenvalue weighted by molar-refractivity contribution is 7.99. The van der Waals surface area contributed by atoms with Gasteiger partial charge in [0, 0.05) is 4.88 Å². The van der Waals surface area contributed by atoms with Crippen LogP contribution in [-0.2, 0) is 4.79 Å². The molecule has 0 bridgehead atoms. The first-order chi connectivity index (χ1) is 12.1. The summed E-state index contributed by atoms with van der Waals surface area (Å²) >= 11 is 2.97. The lowest BCUT2D eigenvalue weighted by Crippen LogP contribution is -2.27. The van der Waals surface area contributed by atoms with Crippen molar-refractivity contribution in [2.75, 3.05) is 5.75 Å². The van der Waals surface area contributed by atoms with E-state index in [1.807, 2.05) is 56.5 Å². The minimum absolute atomic E-state index is 0.00251. The van der Waals surface area contributed by atoms with E-state index in [4.69, 9.17) is 0 Å². The van der Waals surface area contributed by atoms with Crippen LogP contribution in [0.4, 0.5) is 0 Å². The van der Waals surface area contributed by atoms with Crippen LogP contribution in [0.3, 0.4) is 0 Å². The van der Waals surface area contributed by atoms with E-state index in [0.717, 1.165) is 21.7 Å². The van der Waals surface area contributed by atoms with Crippen molar-refractivity contribution >= 4 is 29.0 Å². The van der Waals surface area contributed by atoms with Crippen LogP contribution in [0.25, 0.3) is 5.69 Å². The predicted octanol–water partition coefficient (Wildman–Crippen LogP) is 3.31. The van der Waals surface area contributed by atoms with E-state index in [-0.39, 0.29) is 17.7 Å². The third-order valence-corrected chi connectivity index (χ3v) is 5.75. The quantitative estimate of drug-likeness (QED) is 0.671. The summed E-state index contributed by atoms with van der Waals surface area (Å²) in [6.45, 7) is 6.02. The van der Waals surface area contributed by atoms with Crippen LogP contribution in [-0.4, -0.2) is 31.9 Å². The Labute approximate surface area is 154 Å². The topological polar surface area (TPSA) is 72.7 Å². The number of amides is 1. The van der Waals surface area contributed by atoms with Gasteiger partial charge in [-0.3, -0.25) is 4.79 Å². The van der Waals surface area contributed by atoms with Crippen molar-refractivity contribution in [3.8, 4) is 5.69 Å². The molecule has 0 saturated heterocycles. The van der Waals surface area contributed by atoms with E-state index >= 15 is 0 Å². The van der Waals surface area contributed by atoms with Crippen LogP contribution in [0.5, 0.6) is 0 Å². The van der Waals surface area contributed by atoms with Gasteiger partial charge in [0.15, 0.2) is 0 Å². The molecule has 8 heteroatoms. The van der Waals surface area contributed by atoms with Gasteiger partial charge in [0.2, 0.25) is 11.1 Å². The molecule has 0 spiro atoms. The summed E-state index contributed by atoms with van der Waals surface area (Å²) in [5, 5.41) is 17.5. The van der Waals surface area contributed by atoms with Gasteiger partial charge in [0.1, 0.15) is 0 Å². The Morgan fingerprint density at radius 2 is 2.04 bits per heavy atom. The monoisotopic (exact) mass is 373 g/mol. The first-order valence-electron chi connectivity index (χ1n) is 7.87. The molecular formula is C17H19N5OS2. The van der Waals surface area contributed by atoms with Gasteiger partial charge < -0.3 is 5.32 Å². The second-order valence-corrected chi connectivity index (χ2v) is 7.63. The first kappa shape index (κ1) is 17.6. The highest BCUT2D eigenvalue weighted by Gasteiger charge is 2.16. The molecule has 0 radical (unpaired) electrons. The van der Waals surface area contributed by atoms with Crippen molar-refractivity contribution in [2.24, 2.45) is 0 Å². The predicted molar refractivity (Wildman–Crippen MR) is 100 cm³/mol. The summed E-state index contributed by atoms with van der Waals surface area (Å²) < 4.78 is 1.70. The number of hydrogen-bond donors (Lipinski definition) is 1. The van der Waals surface area contributed by atoms with E-state index in [1.54, 1.807) is 16.0 Å². The van der Waals surface area contributed by atoms with E-state index in [2.05, 4.69) is 20.8 Å². The Morgan fingerprint density at radius 1 is 1.28 bits per heavy atom. The van der Waals surface area contributed by atoms with E-state index < -0.39 is 0 Å². The van der Waals surface area contributed by atoms with Gasteiger partial charge in [-0.15, -0.1) is 16.4 Å². The standard InChI is InChI=1S/C17H19N5OS2/c1-11-6-4-7-12(2)16(11)22-17(19-20-21-22)25-10-15(23)18-13(3)14-8-5-9-24-14/h4-9,13H,10H2,1-3H3,(H,18,23). The largest absolute Gasteiger partial charge is 0.348 e. The molecule has 1 unspecified atom stereocenters. The van der Waals surface area contributed by atoms with Crippen LogP contribution in [0.1, 0.15) is 29.0 Å². The number of aryl methyl sites for hydroxylation is 2. The van der Waals surface area contributed by atoms with E-state index in [9.17, 15) is 4.79 Å².